The van der Waals surface area contributed by atoms with E-state index in [1.165, 1.54) is 18.2 Å². The molecule has 1 aromatic carbocycles. The number of nitrogens with zero attached hydrogens (tertiary/aromatic N) is 1. The topological polar surface area (TPSA) is 183 Å². The van der Waals surface area contributed by atoms with Gasteiger partial charge in [-0.3, -0.25) is 34.2 Å². The first-order valence-corrected chi connectivity index (χ1v) is 9.38. The van der Waals surface area contributed by atoms with E-state index in [9.17, 15) is 24.0 Å². The molecule has 11 heteroatoms. The van der Waals surface area contributed by atoms with Crippen LogP contribution in [0.5, 0.6) is 5.75 Å². The standard InChI is InChI=1S/C19H22N4O6.H3N/c20-8-1-2-9-21-15(25)10-29-13-5-3-4-11-16(13)19(28)23(18(11)27)12-6-7-14(24)22-17(12)26;/h3-5,12H,1-2,6-10,20H2,(H,21,25)(H,22,24,26);1H3. The van der Waals surface area contributed by atoms with Crippen LogP contribution >= 0.6 is 0 Å². The molecular formula is C19H25N5O6. The lowest BCUT2D eigenvalue weighted by molar-refractivity contribution is -0.136. The number of rotatable bonds is 8. The molecule has 5 amide bonds. The van der Waals surface area contributed by atoms with Crippen LogP contribution < -0.4 is 27.3 Å². The maximum Gasteiger partial charge on any atom is 0.266 e. The third kappa shape index (κ3) is 4.63. The van der Waals surface area contributed by atoms with Crippen LogP contribution in [0.3, 0.4) is 0 Å². The van der Waals surface area contributed by atoms with Crippen molar-refractivity contribution in [3.63, 3.8) is 0 Å². The Morgan fingerprint density at radius 1 is 1.20 bits per heavy atom. The molecule has 0 aromatic heterocycles. The van der Waals surface area contributed by atoms with Crippen LogP contribution in [0.1, 0.15) is 46.4 Å². The van der Waals surface area contributed by atoms with Gasteiger partial charge in [-0.25, -0.2) is 0 Å². The first-order valence-electron chi connectivity index (χ1n) is 9.38. The van der Waals surface area contributed by atoms with Crippen LogP contribution in [0.25, 0.3) is 0 Å². The second-order valence-corrected chi connectivity index (χ2v) is 6.76. The maximum absolute atomic E-state index is 12.9. The molecule has 0 aliphatic carbocycles. The minimum Gasteiger partial charge on any atom is -0.483 e. The number of fused-ring (bicyclic) bond motifs is 1. The monoisotopic (exact) mass is 419 g/mol. The van der Waals surface area contributed by atoms with E-state index in [2.05, 4.69) is 10.6 Å². The van der Waals surface area contributed by atoms with Crippen molar-refractivity contribution < 1.29 is 28.7 Å². The number of piperidine rings is 1. The van der Waals surface area contributed by atoms with E-state index < -0.39 is 29.7 Å². The smallest absolute Gasteiger partial charge is 0.266 e. The highest BCUT2D eigenvalue weighted by atomic mass is 16.5. The van der Waals surface area contributed by atoms with Gasteiger partial charge in [0.15, 0.2) is 6.61 Å². The average Bonchev–Trinajstić information content (AvgIpc) is 2.95. The number of amides is 5. The Balaban J connectivity index is 0.00000320. The Morgan fingerprint density at radius 3 is 2.67 bits per heavy atom. The van der Waals surface area contributed by atoms with Crippen molar-refractivity contribution in [1.82, 2.24) is 21.7 Å². The van der Waals surface area contributed by atoms with Crippen molar-refractivity contribution in [2.75, 3.05) is 19.7 Å². The van der Waals surface area contributed by atoms with Gasteiger partial charge in [-0.2, -0.15) is 0 Å². The third-order valence-corrected chi connectivity index (χ3v) is 4.74. The average molecular weight is 419 g/mol. The molecule has 2 aliphatic rings. The normalized spacial score (nSPS) is 17.9. The highest BCUT2D eigenvalue weighted by molar-refractivity contribution is 6.24. The predicted molar refractivity (Wildman–Crippen MR) is 105 cm³/mol. The van der Waals surface area contributed by atoms with Crippen LogP contribution in [-0.2, 0) is 14.4 Å². The summed E-state index contributed by atoms with van der Waals surface area (Å²) in [6.07, 6.45) is 1.64. The predicted octanol–water partition coefficient (Wildman–Crippen LogP) is -0.516. The van der Waals surface area contributed by atoms with E-state index >= 15 is 0 Å². The Kier molecular flexibility index (Phi) is 7.61. The van der Waals surface area contributed by atoms with Crippen molar-refractivity contribution in [3.8, 4) is 5.75 Å². The number of hydrogen-bond donors (Lipinski definition) is 4. The first-order chi connectivity index (χ1) is 13.9. The Labute approximate surface area is 172 Å². The van der Waals surface area contributed by atoms with Gasteiger partial charge in [0.25, 0.3) is 17.7 Å². The molecule has 1 saturated heterocycles. The zero-order valence-electron chi connectivity index (χ0n) is 16.4. The summed E-state index contributed by atoms with van der Waals surface area (Å²) in [5, 5.41) is 4.82. The summed E-state index contributed by atoms with van der Waals surface area (Å²) in [5.74, 6) is -2.71. The van der Waals surface area contributed by atoms with Gasteiger partial charge in [0.05, 0.1) is 11.1 Å². The van der Waals surface area contributed by atoms with Crippen molar-refractivity contribution in [3.05, 3.63) is 29.3 Å². The molecule has 0 saturated carbocycles. The number of unbranched alkanes of at least 4 members (excludes halogenated alkanes) is 1. The minimum absolute atomic E-state index is 0. The molecular weight excluding hydrogens is 394 g/mol. The lowest BCUT2D eigenvalue weighted by Crippen LogP contribution is -2.54. The van der Waals surface area contributed by atoms with E-state index in [1.54, 1.807) is 0 Å². The van der Waals surface area contributed by atoms with Crippen LogP contribution in [-0.4, -0.2) is 60.2 Å². The van der Waals surface area contributed by atoms with Crippen molar-refractivity contribution in [1.29, 1.82) is 0 Å². The molecule has 0 bridgehead atoms. The molecule has 11 nitrogen and oxygen atoms in total. The van der Waals surface area contributed by atoms with Gasteiger partial charge in [-0.05, 0) is 37.9 Å². The molecule has 7 N–H and O–H groups in total. The van der Waals surface area contributed by atoms with Gasteiger partial charge in [0.1, 0.15) is 11.8 Å². The first kappa shape index (κ1) is 23.0. The summed E-state index contributed by atoms with van der Waals surface area (Å²) in [6.45, 7) is 0.689. The van der Waals surface area contributed by atoms with Gasteiger partial charge >= 0.3 is 0 Å². The van der Waals surface area contributed by atoms with E-state index in [4.69, 9.17) is 10.5 Å². The Bertz CT molecular complexity index is 871. The number of ether oxygens (including phenoxy) is 1. The van der Waals surface area contributed by atoms with Gasteiger partial charge in [0, 0.05) is 13.0 Å². The molecule has 2 aliphatic heterocycles. The highest BCUT2D eigenvalue weighted by Gasteiger charge is 2.46. The summed E-state index contributed by atoms with van der Waals surface area (Å²) >= 11 is 0. The van der Waals surface area contributed by atoms with Crippen LogP contribution in [0.15, 0.2) is 18.2 Å². The fourth-order valence-electron chi connectivity index (χ4n) is 3.30. The molecule has 2 heterocycles. The third-order valence-electron chi connectivity index (χ3n) is 4.74. The zero-order chi connectivity index (χ0) is 21.0. The Morgan fingerprint density at radius 2 is 1.97 bits per heavy atom. The fourth-order valence-corrected chi connectivity index (χ4v) is 3.30. The molecule has 162 valence electrons. The van der Waals surface area contributed by atoms with Crippen molar-refractivity contribution >= 4 is 29.5 Å². The quantitative estimate of drug-likeness (QED) is 0.320. The van der Waals surface area contributed by atoms with Gasteiger partial charge in [-0.15, -0.1) is 0 Å². The fraction of sp³-hybridized carbons (Fsp3) is 0.421. The van der Waals surface area contributed by atoms with Gasteiger partial charge < -0.3 is 21.9 Å². The number of benzene rings is 1. The van der Waals surface area contributed by atoms with Crippen molar-refractivity contribution in [2.45, 2.75) is 31.7 Å². The van der Waals surface area contributed by atoms with Crippen LogP contribution in [0.4, 0.5) is 0 Å². The SMILES string of the molecule is N.NCCCCNC(=O)COc1cccc2c1C(=O)N(C1CCC(=O)NC1=O)C2=O. The largest absolute Gasteiger partial charge is 0.483 e. The van der Waals surface area contributed by atoms with Crippen LogP contribution in [0, 0.1) is 0 Å². The Hall–Kier alpha value is -3.31. The second-order valence-electron chi connectivity index (χ2n) is 6.76. The zero-order valence-corrected chi connectivity index (χ0v) is 16.4. The number of carbonyl (C=O) groups is 5. The van der Waals surface area contributed by atoms with Gasteiger partial charge in [-0.1, -0.05) is 6.07 Å². The number of imide groups is 2. The molecule has 0 spiro atoms. The number of hydrogen-bond acceptors (Lipinski definition) is 8. The molecule has 0 radical (unpaired) electrons. The molecule has 1 fully saturated rings. The molecule has 1 unspecified atom stereocenters. The summed E-state index contributed by atoms with van der Waals surface area (Å²) < 4.78 is 5.47. The number of carbonyl (C=O) groups excluding carboxylic acids is 5. The number of nitrogens with one attached hydrogen (secondary N) is 2. The van der Waals surface area contributed by atoms with E-state index in [-0.39, 0.29) is 48.4 Å². The van der Waals surface area contributed by atoms with E-state index in [0.29, 0.717) is 13.1 Å². The second kappa shape index (κ2) is 9.94. The van der Waals surface area contributed by atoms with Crippen molar-refractivity contribution in [2.24, 2.45) is 5.73 Å². The molecule has 3 rings (SSSR count). The summed E-state index contributed by atoms with van der Waals surface area (Å²) in [7, 11) is 0. The molecule has 30 heavy (non-hydrogen) atoms. The highest BCUT2D eigenvalue weighted by Crippen LogP contribution is 2.33. The van der Waals surface area contributed by atoms with E-state index in [0.717, 1.165) is 17.7 Å². The van der Waals surface area contributed by atoms with Gasteiger partial charge in [0.2, 0.25) is 11.8 Å². The summed E-state index contributed by atoms with van der Waals surface area (Å²) in [5.41, 5.74) is 5.50. The number of nitrogens with two attached hydrogens (primary N) is 1. The van der Waals surface area contributed by atoms with E-state index in [1.807, 2.05) is 0 Å². The molecule has 1 aromatic rings. The summed E-state index contributed by atoms with van der Waals surface area (Å²) in [6, 6.07) is 3.42. The minimum atomic E-state index is -1.06. The summed E-state index contributed by atoms with van der Waals surface area (Å²) in [4.78, 5) is 61.8. The lowest BCUT2D eigenvalue weighted by Gasteiger charge is -2.27. The molecule has 1 atom stereocenters. The maximum atomic E-state index is 12.9. The lowest BCUT2D eigenvalue weighted by atomic mass is 10.0. The van der Waals surface area contributed by atoms with Crippen LogP contribution in [0.2, 0.25) is 0 Å².